The fraction of sp³-hybridized carbons (Fsp3) is 0.500. The summed E-state index contributed by atoms with van der Waals surface area (Å²) in [4.78, 5) is 13.4. The topological polar surface area (TPSA) is 41.5 Å². The molecule has 0 amide bonds. The lowest BCUT2D eigenvalue weighted by Gasteiger charge is -2.38. The fourth-order valence-corrected chi connectivity index (χ4v) is 4.05. The van der Waals surface area contributed by atoms with Crippen molar-refractivity contribution in [3.05, 3.63) is 54.6 Å². The van der Waals surface area contributed by atoms with Crippen LogP contribution < -0.4 is 4.90 Å². The molecule has 0 aliphatic carbocycles. The van der Waals surface area contributed by atoms with Crippen LogP contribution in [0.15, 0.2) is 48.9 Å². The van der Waals surface area contributed by atoms with Crippen molar-refractivity contribution < 1.29 is 4.74 Å². The summed E-state index contributed by atoms with van der Waals surface area (Å²) >= 11 is 0. The number of ether oxygens (including phenoxy) is 1. The number of nitrogens with zero attached hydrogens (tertiary/aromatic N) is 4. The molecule has 1 spiro atoms. The Hall–Kier alpha value is -1.98. The Bertz CT molecular complexity index is 671. The molecule has 0 radical (unpaired) electrons. The van der Waals surface area contributed by atoms with Gasteiger partial charge in [-0.25, -0.2) is 0 Å². The molecule has 0 saturated carbocycles. The third kappa shape index (κ3) is 3.67. The molecule has 2 saturated heterocycles. The standard InChI is InChI=1S/C20H26N4O/c1-23(18-5-3-2-4-6-18)19-13-20(25-16-19)7-11-24(12-8-20)15-17-14-21-9-10-22-17/h2-6,9-10,14,19H,7-8,11-13,15-16H2,1H3/t19-/m1/s1. The molecule has 0 unspecified atom stereocenters. The molecule has 3 heterocycles. The van der Waals surface area contributed by atoms with E-state index in [-0.39, 0.29) is 5.60 Å². The predicted octanol–water partition coefficient (Wildman–Crippen LogP) is 2.74. The Balaban J connectivity index is 1.33. The maximum Gasteiger partial charge on any atom is 0.0728 e. The van der Waals surface area contributed by atoms with Crippen LogP contribution in [-0.2, 0) is 11.3 Å². The van der Waals surface area contributed by atoms with Crippen LogP contribution in [0, 0.1) is 0 Å². The van der Waals surface area contributed by atoms with E-state index in [2.05, 4.69) is 57.1 Å². The maximum absolute atomic E-state index is 6.34. The first-order chi connectivity index (χ1) is 12.2. The Morgan fingerprint density at radius 3 is 2.72 bits per heavy atom. The van der Waals surface area contributed by atoms with Crippen LogP contribution >= 0.6 is 0 Å². The van der Waals surface area contributed by atoms with Crippen LogP contribution in [0.3, 0.4) is 0 Å². The van der Waals surface area contributed by atoms with Gasteiger partial charge >= 0.3 is 0 Å². The van der Waals surface area contributed by atoms with Gasteiger partial charge in [0.15, 0.2) is 0 Å². The van der Waals surface area contributed by atoms with Crippen molar-refractivity contribution in [1.29, 1.82) is 0 Å². The van der Waals surface area contributed by atoms with Crippen molar-refractivity contribution in [3.8, 4) is 0 Å². The molecule has 4 rings (SSSR count). The zero-order valence-corrected chi connectivity index (χ0v) is 14.8. The molecule has 0 N–H and O–H groups in total. The second kappa shape index (κ2) is 7.10. The maximum atomic E-state index is 6.34. The van der Waals surface area contributed by atoms with E-state index in [1.807, 2.05) is 6.20 Å². The lowest BCUT2D eigenvalue weighted by atomic mass is 9.87. The number of aromatic nitrogens is 2. The highest BCUT2D eigenvalue weighted by Gasteiger charge is 2.43. The molecule has 1 atom stereocenters. The highest BCUT2D eigenvalue weighted by atomic mass is 16.5. The van der Waals surface area contributed by atoms with Crippen LogP contribution in [0.5, 0.6) is 0 Å². The molecular formula is C20H26N4O. The lowest BCUT2D eigenvalue weighted by molar-refractivity contribution is -0.0450. The summed E-state index contributed by atoms with van der Waals surface area (Å²) in [6.45, 7) is 3.85. The number of likely N-dealkylation sites (N-methyl/N-ethyl adjacent to an activating group) is 1. The summed E-state index contributed by atoms with van der Waals surface area (Å²) in [7, 11) is 2.19. The average molecular weight is 338 g/mol. The van der Waals surface area contributed by atoms with Gasteiger partial charge in [0.05, 0.1) is 23.9 Å². The number of anilines is 1. The highest BCUT2D eigenvalue weighted by Crippen LogP contribution is 2.38. The number of para-hydroxylation sites is 1. The Kier molecular flexibility index (Phi) is 4.68. The summed E-state index contributed by atoms with van der Waals surface area (Å²) in [5.74, 6) is 0. The summed E-state index contributed by atoms with van der Waals surface area (Å²) in [5.41, 5.74) is 2.38. The first-order valence-electron chi connectivity index (χ1n) is 9.13. The summed E-state index contributed by atoms with van der Waals surface area (Å²) in [6, 6.07) is 11.1. The van der Waals surface area contributed by atoms with Crippen molar-refractivity contribution in [3.63, 3.8) is 0 Å². The van der Waals surface area contributed by atoms with E-state index in [0.29, 0.717) is 6.04 Å². The van der Waals surface area contributed by atoms with Gasteiger partial charge in [-0.2, -0.15) is 0 Å². The van der Waals surface area contributed by atoms with Crippen molar-refractivity contribution >= 4 is 5.69 Å². The average Bonchev–Trinajstić information content (AvgIpc) is 3.09. The Morgan fingerprint density at radius 1 is 1.20 bits per heavy atom. The second-order valence-electron chi connectivity index (χ2n) is 7.27. The van der Waals surface area contributed by atoms with E-state index in [9.17, 15) is 0 Å². The molecule has 1 aromatic heterocycles. The molecule has 25 heavy (non-hydrogen) atoms. The Labute approximate surface area is 149 Å². The van der Waals surface area contributed by atoms with Gasteiger partial charge in [-0.3, -0.25) is 14.9 Å². The summed E-state index contributed by atoms with van der Waals surface area (Å²) in [6.07, 6.45) is 8.69. The number of hydrogen-bond acceptors (Lipinski definition) is 5. The molecule has 0 bridgehead atoms. The van der Waals surface area contributed by atoms with Crippen molar-refractivity contribution in [2.45, 2.75) is 37.5 Å². The minimum absolute atomic E-state index is 0.0621. The normalized spacial score (nSPS) is 23.0. The molecule has 2 aromatic rings. The zero-order chi connectivity index (χ0) is 17.1. The van der Waals surface area contributed by atoms with Gasteiger partial charge in [0.1, 0.15) is 0 Å². The van der Waals surface area contributed by atoms with Gasteiger partial charge in [-0.05, 0) is 31.4 Å². The van der Waals surface area contributed by atoms with Gasteiger partial charge < -0.3 is 9.64 Å². The van der Waals surface area contributed by atoms with Crippen molar-refractivity contribution in [1.82, 2.24) is 14.9 Å². The number of benzene rings is 1. The van der Waals surface area contributed by atoms with Crippen LogP contribution in [0.1, 0.15) is 25.0 Å². The second-order valence-corrected chi connectivity index (χ2v) is 7.27. The molecule has 1 aromatic carbocycles. The summed E-state index contributed by atoms with van der Waals surface area (Å²) in [5, 5.41) is 0. The van der Waals surface area contributed by atoms with E-state index in [0.717, 1.165) is 51.2 Å². The number of likely N-dealkylation sites (tertiary alicyclic amines) is 1. The van der Waals surface area contributed by atoms with Crippen LogP contribution in [0.2, 0.25) is 0 Å². The third-order valence-electron chi connectivity index (χ3n) is 5.67. The first-order valence-corrected chi connectivity index (χ1v) is 9.13. The molecule has 132 valence electrons. The summed E-state index contributed by atoms with van der Waals surface area (Å²) < 4.78 is 6.34. The van der Waals surface area contributed by atoms with E-state index in [1.54, 1.807) is 12.4 Å². The van der Waals surface area contributed by atoms with Crippen LogP contribution in [-0.4, -0.2) is 53.3 Å². The highest BCUT2D eigenvalue weighted by molar-refractivity contribution is 5.46. The Morgan fingerprint density at radius 2 is 2.00 bits per heavy atom. The largest absolute Gasteiger partial charge is 0.373 e. The van der Waals surface area contributed by atoms with Gasteiger partial charge in [0.2, 0.25) is 0 Å². The minimum atomic E-state index is 0.0621. The molecule has 2 aliphatic heterocycles. The van der Waals surface area contributed by atoms with Gasteiger partial charge in [-0.1, -0.05) is 18.2 Å². The monoisotopic (exact) mass is 338 g/mol. The van der Waals surface area contributed by atoms with E-state index >= 15 is 0 Å². The van der Waals surface area contributed by atoms with E-state index < -0.39 is 0 Å². The van der Waals surface area contributed by atoms with Crippen LogP contribution in [0.4, 0.5) is 5.69 Å². The van der Waals surface area contributed by atoms with Crippen molar-refractivity contribution in [2.75, 3.05) is 31.6 Å². The smallest absolute Gasteiger partial charge is 0.0728 e. The lowest BCUT2D eigenvalue weighted by Crippen LogP contribution is -2.44. The minimum Gasteiger partial charge on any atom is -0.373 e. The number of rotatable bonds is 4. The number of piperidine rings is 1. The predicted molar refractivity (Wildman–Crippen MR) is 98.5 cm³/mol. The molecule has 2 aliphatic rings. The van der Waals surface area contributed by atoms with Gasteiger partial charge in [0.25, 0.3) is 0 Å². The molecular weight excluding hydrogens is 312 g/mol. The molecule has 5 heteroatoms. The zero-order valence-electron chi connectivity index (χ0n) is 14.8. The number of hydrogen-bond donors (Lipinski definition) is 0. The quantitative estimate of drug-likeness (QED) is 0.857. The van der Waals surface area contributed by atoms with Gasteiger partial charge in [-0.15, -0.1) is 0 Å². The van der Waals surface area contributed by atoms with E-state index in [4.69, 9.17) is 4.74 Å². The molecule has 5 nitrogen and oxygen atoms in total. The first kappa shape index (κ1) is 16.5. The van der Waals surface area contributed by atoms with Crippen LogP contribution in [0.25, 0.3) is 0 Å². The molecule has 2 fully saturated rings. The fourth-order valence-electron chi connectivity index (χ4n) is 4.05. The third-order valence-corrected chi connectivity index (χ3v) is 5.67. The SMILES string of the molecule is CN(c1ccccc1)[C@H]1COC2(CCN(Cc3cnccn3)CC2)C1. The van der Waals surface area contributed by atoms with Gasteiger partial charge in [0, 0.05) is 51.0 Å². The van der Waals surface area contributed by atoms with Crippen molar-refractivity contribution in [2.24, 2.45) is 0 Å². The van der Waals surface area contributed by atoms with E-state index in [1.165, 1.54) is 5.69 Å².